The number of likely N-dealkylation sites (tertiary alicyclic amines) is 1. The number of hydrogen-bond donors (Lipinski definition) is 1. The Morgan fingerprint density at radius 2 is 1.92 bits per heavy atom. The maximum atomic E-state index is 13.1. The van der Waals surface area contributed by atoms with Crippen LogP contribution in [0.3, 0.4) is 0 Å². The number of anilines is 2. The molecule has 1 N–H and O–H groups in total. The molecule has 1 aromatic rings. The lowest BCUT2D eigenvalue weighted by atomic mass is 9.73. The van der Waals surface area contributed by atoms with Crippen molar-refractivity contribution in [1.29, 1.82) is 0 Å². The molecule has 134 valence electrons. The number of amides is 2. The fourth-order valence-corrected chi connectivity index (χ4v) is 2.96. The number of nitrogens with zero attached hydrogens (tertiary/aromatic N) is 4. The molecule has 0 aliphatic carbocycles. The average Bonchev–Trinajstić information content (AvgIpc) is 2.45. The largest absolute Gasteiger partial charge is 0.392 e. The highest BCUT2D eigenvalue weighted by Gasteiger charge is 2.51. The number of hydrogen-bond acceptors (Lipinski definition) is 4. The van der Waals surface area contributed by atoms with Crippen LogP contribution in [0.1, 0.15) is 20.3 Å². The highest BCUT2D eigenvalue weighted by molar-refractivity contribution is 5.89. The predicted octanol–water partition coefficient (Wildman–Crippen LogP) is 2.98. The first-order valence-electron chi connectivity index (χ1n) is 7.63. The molecule has 0 aromatic carbocycles. The second kappa shape index (κ2) is 6.45. The summed E-state index contributed by atoms with van der Waals surface area (Å²) in [5.41, 5.74) is -0.625. The minimum absolute atomic E-state index is 0.0413. The zero-order valence-corrected chi connectivity index (χ0v) is 14.2. The first kappa shape index (κ1) is 18.3. The minimum atomic E-state index is -4.25. The molecule has 1 fully saturated rings. The van der Waals surface area contributed by atoms with Crippen molar-refractivity contribution in [2.75, 3.05) is 37.4 Å². The van der Waals surface area contributed by atoms with Gasteiger partial charge in [-0.05, 0) is 11.8 Å². The monoisotopic (exact) mass is 345 g/mol. The molecule has 0 bridgehead atoms. The van der Waals surface area contributed by atoms with Crippen LogP contribution in [0, 0.1) is 11.3 Å². The Hall–Kier alpha value is -2.06. The molecule has 0 saturated carbocycles. The molecule has 6 nitrogen and oxygen atoms in total. The number of alkyl halides is 3. The van der Waals surface area contributed by atoms with Gasteiger partial charge in [-0.25, -0.2) is 14.8 Å². The van der Waals surface area contributed by atoms with E-state index in [1.54, 1.807) is 32.8 Å². The predicted molar refractivity (Wildman–Crippen MR) is 84.9 cm³/mol. The van der Waals surface area contributed by atoms with Crippen LogP contribution < -0.4 is 10.2 Å². The second-order valence-corrected chi connectivity index (χ2v) is 6.89. The van der Waals surface area contributed by atoms with Gasteiger partial charge in [0.1, 0.15) is 0 Å². The minimum Gasteiger partial charge on any atom is -0.347 e. The number of aromatic nitrogens is 2. The summed E-state index contributed by atoms with van der Waals surface area (Å²) in [5, 5.41) is 2.63. The van der Waals surface area contributed by atoms with Gasteiger partial charge in [0.05, 0.1) is 24.0 Å². The highest BCUT2D eigenvalue weighted by Crippen LogP contribution is 2.45. The van der Waals surface area contributed by atoms with Crippen molar-refractivity contribution in [1.82, 2.24) is 14.9 Å². The zero-order valence-electron chi connectivity index (χ0n) is 14.2. The van der Waals surface area contributed by atoms with Crippen molar-refractivity contribution in [3.05, 3.63) is 12.4 Å². The van der Waals surface area contributed by atoms with E-state index in [1.165, 1.54) is 17.3 Å². The molecular weight excluding hydrogens is 323 g/mol. The van der Waals surface area contributed by atoms with Crippen molar-refractivity contribution in [3.8, 4) is 0 Å². The average molecular weight is 345 g/mol. The van der Waals surface area contributed by atoms with E-state index in [1.807, 2.05) is 0 Å². The SMILES string of the molecule is CN(C)c1ncc(NC(=O)N2CC[C@@H](C(F)(F)F)C(C)(C)C2)cn1. The van der Waals surface area contributed by atoms with E-state index in [0.29, 0.717) is 11.6 Å². The topological polar surface area (TPSA) is 61.4 Å². The fraction of sp³-hybridized carbons (Fsp3) is 0.667. The molecule has 1 aliphatic heterocycles. The molecule has 1 atom stereocenters. The summed E-state index contributed by atoms with van der Waals surface area (Å²) in [6.45, 7) is 3.19. The van der Waals surface area contributed by atoms with E-state index in [-0.39, 0.29) is 19.5 Å². The van der Waals surface area contributed by atoms with E-state index >= 15 is 0 Å². The number of halogens is 3. The fourth-order valence-electron chi connectivity index (χ4n) is 2.96. The molecule has 2 rings (SSSR count). The summed E-state index contributed by atoms with van der Waals surface area (Å²) in [6.07, 6.45) is -1.41. The Bertz CT molecular complexity index is 586. The van der Waals surface area contributed by atoms with E-state index in [9.17, 15) is 18.0 Å². The maximum absolute atomic E-state index is 13.1. The lowest BCUT2D eigenvalue weighted by molar-refractivity contribution is -0.214. The van der Waals surface area contributed by atoms with Crippen LogP contribution in [-0.2, 0) is 0 Å². The van der Waals surface area contributed by atoms with E-state index in [4.69, 9.17) is 0 Å². The van der Waals surface area contributed by atoms with Gasteiger partial charge in [-0.15, -0.1) is 0 Å². The van der Waals surface area contributed by atoms with Crippen molar-refractivity contribution in [2.45, 2.75) is 26.4 Å². The van der Waals surface area contributed by atoms with Crippen LogP contribution in [0.5, 0.6) is 0 Å². The smallest absolute Gasteiger partial charge is 0.347 e. The van der Waals surface area contributed by atoms with Gasteiger partial charge in [-0.3, -0.25) is 0 Å². The number of carbonyl (C=O) groups excluding carboxylic acids is 1. The highest BCUT2D eigenvalue weighted by atomic mass is 19.4. The van der Waals surface area contributed by atoms with Crippen LogP contribution in [0.15, 0.2) is 12.4 Å². The molecule has 1 aromatic heterocycles. The molecule has 2 amide bonds. The zero-order chi connectivity index (χ0) is 18.1. The Kier molecular flexibility index (Phi) is 4.91. The number of nitrogens with one attached hydrogen (secondary N) is 1. The van der Waals surface area contributed by atoms with Gasteiger partial charge in [0.25, 0.3) is 0 Å². The molecule has 0 unspecified atom stereocenters. The van der Waals surface area contributed by atoms with Crippen LogP contribution in [0.2, 0.25) is 0 Å². The summed E-state index contributed by atoms with van der Waals surface area (Å²) >= 11 is 0. The third-order valence-corrected chi connectivity index (χ3v) is 4.20. The molecule has 0 radical (unpaired) electrons. The van der Waals surface area contributed by atoms with E-state index in [0.717, 1.165) is 0 Å². The summed E-state index contributed by atoms with van der Waals surface area (Å²) in [4.78, 5) is 23.6. The molecular formula is C15H22F3N5O. The van der Waals surface area contributed by atoms with Gasteiger partial charge >= 0.3 is 12.2 Å². The molecule has 2 heterocycles. The van der Waals surface area contributed by atoms with Crippen molar-refractivity contribution >= 4 is 17.7 Å². The quantitative estimate of drug-likeness (QED) is 0.895. The van der Waals surface area contributed by atoms with Crippen LogP contribution >= 0.6 is 0 Å². The van der Waals surface area contributed by atoms with Crippen LogP contribution in [0.25, 0.3) is 0 Å². The summed E-state index contributed by atoms with van der Waals surface area (Å²) < 4.78 is 39.2. The molecule has 0 spiro atoms. The summed E-state index contributed by atoms with van der Waals surface area (Å²) in [6, 6.07) is -0.440. The molecule has 24 heavy (non-hydrogen) atoms. The van der Waals surface area contributed by atoms with Crippen LogP contribution in [0.4, 0.5) is 29.6 Å². The Labute approximate surface area is 139 Å². The normalized spacial score (nSPS) is 20.6. The van der Waals surface area contributed by atoms with Gasteiger partial charge in [0, 0.05) is 27.2 Å². The van der Waals surface area contributed by atoms with Gasteiger partial charge < -0.3 is 15.1 Å². The second-order valence-electron chi connectivity index (χ2n) is 6.89. The number of carbonyl (C=O) groups is 1. The van der Waals surface area contributed by atoms with Gasteiger partial charge in [0.15, 0.2) is 0 Å². The van der Waals surface area contributed by atoms with E-state index < -0.39 is 23.5 Å². The third kappa shape index (κ3) is 4.07. The molecule has 9 heteroatoms. The summed E-state index contributed by atoms with van der Waals surface area (Å²) in [7, 11) is 3.58. The first-order chi connectivity index (χ1) is 11.0. The molecule has 1 aliphatic rings. The number of urea groups is 1. The standard InChI is InChI=1S/C15H22F3N5O/c1-14(2)9-23(6-5-11(14)15(16,17)18)13(24)21-10-7-19-12(20-8-10)22(3)4/h7-8,11H,5-6,9H2,1-4H3,(H,21,24)/t11-/m1/s1. The van der Waals surface area contributed by atoms with Crippen LogP contribution in [-0.4, -0.2) is 54.3 Å². The Morgan fingerprint density at radius 1 is 1.33 bits per heavy atom. The maximum Gasteiger partial charge on any atom is 0.392 e. The third-order valence-electron chi connectivity index (χ3n) is 4.20. The summed E-state index contributed by atoms with van der Waals surface area (Å²) in [5.74, 6) is -0.906. The number of piperidine rings is 1. The Morgan fingerprint density at radius 3 is 2.38 bits per heavy atom. The first-order valence-corrected chi connectivity index (χ1v) is 7.63. The van der Waals surface area contributed by atoms with Crippen molar-refractivity contribution < 1.29 is 18.0 Å². The van der Waals surface area contributed by atoms with Crippen molar-refractivity contribution in [3.63, 3.8) is 0 Å². The Balaban J connectivity index is 2.01. The lowest BCUT2D eigenvalue weighted by Gasteiger charge is -2.44. The lowest BCUT2D eigenvalue weighted by Crippen LogP contribution is -2.53. The van der Waals surface area contributed by atoms with Crippen molar-refractivity contribution in [2.24, 2.45) is 11.3 Å². The van der Waals surface area contributed by atoms with Gasteiger partial charge in [0.2, 0.25) is 5.95 Å². The van der Waals surface area contributed by atoms with Gasteiger partial charge in [-0.1, -0.05) is 13.8 Å². The van der Waals surface area contributed by atoms with Gasteiger partial charge in [-0.2, -0.15) is 13.2 Å². The number of rotatable bonds is 2. The van der Waals surface area contributed by atoms with E-state index in [2.05, 4.69) is 15.3 Å². The molecule has 1 saturated heterocycles.